The molecule has 3 aliphatic rings. The van der Waals surface area contributed by atoms with Crippen LogP contribution in [0.1, 0.15) is 70.6 Å². The molecule has 2 aromatic rings. The maximum absolute atomic E-state index is 6.18. The van der Waals surface area contributed by atoms with Crippen molar-refractivity contribution >= 4 is 17.3 Å². The van der Waals surface area contributed by atoms with Crippen molar-refractivity contribution < 1.29 is 9.47 Å². The Bertz CT molecular complexity index is 908. The lowest BCUT2D eigenvalue weighted by Crippen LogP contribution is -2.35. The van der Waals surface area contributed by atoms with Gasteiger partial charge in [-0.2, -0.15) is 0 Å². The van der Waals surface area contributed by atoms with E-state index in [0.29, 0.717) is 6.04 Å². The predicted octanol–water partition coefficient (Wildman–Crippen LogP) is 5.67. The molecule has 1 aromatic heterocycles. The molecule has 0 radical (unpaired) electrons. The smallest absolute Gasteiger partial charge is 0.134 e. The lowest BCUT2D eigenvalue weighted by molar-refractivity contribution is 0.0256. The Morgan fingerprint density at radius 2 is 1.47 bits per heavy atom. The van der Waals surface area contributed by atoms with Crippen LogP contribution in [0.4, 0.5) is 17.3 Å². The number of benzene rings is 1. The van der Waals surface area contributed by atoms with Crippen LogP contribution in [0.5, 0.6) is 5.75 Å². The normalized spacial score (nSPS) is 22.7. The van der Waals surface area contributed by atoms with E-state index in [-0.39, 0.29) is 6.10 Å². The topological polar surface area (TPSA) is 62.8 Å². The SMILES string of the molecule is c1nc(NC2CCCCN(c3ccc(OC4CCOCC4)cc3)C2)cc(N2CCCCCCCC2)n1. The highest BCUT2D eigenvalue weighted by atomic mass is 16.5. The highest BCUT2D eigenvalue weighted by Crippen LogP contribution is 2.26. The van der Waals surface area contributed by atoms with Gasteiger partial charge in [0.1, 0.15) is 29.8 Å². The number of hydrogen-bond donors (Lipinski definition) is 1. The Labute approximate surface area is 216 Å². The van der Waals surface area contributed by atoms with Gasteiger partial charge in [0.2, 0.25) is 0 Å². The monoisotopic (exact) mass is 493 g/mol. The van der Waals surface area contributed by atoms with E-state index in [1.165, 1.54) is 57.1 Å². The number of anilines is 3. The molecule has 0 bridgehead atoms. The molecule has 7 nitrogen and oxygen atoms in total. The molecule has 0 spiro atoms. The summed E-state index contributed by atoms with van der Waals surface area (Å²) < 4.78 is 11.6. The minimum absolute atomic E-state index is 0.275. The molecule has 7 heteroatoms. The molecular weight excluding hydrogens is 450 g/mol. The van der Waals surface area contributed by atoms with Gasteiger partial charge in [-0.15, -0.1) is 0 Å². The third-order valence-corrected chi connectivity index (χ3v) is 7.78. The van der Waals surface area contributed by atoms with Crippen molar-refractivity contribution in [3.05, 3.63) is 36.7 Å². The van der Waals surface area contributed by atoms with Crippen LogP contribution in [0.2, 0.25) is 0 Å². The van der Waals surface area contributed by atoms with Crippen LogP contribution in [0, 0.1) is 0 Å². The largest absolute Gasteiger partial charge is 0.490 e. The number of nitrogens with zero attached hydrogens (tertiary/aromatic N) is 4. The van der Waals surface area contributed by atoms with Gasteiger partial charge in [-0.3, -0.25) is 0 Å². The Kier molecular flexibility index (Phi) is 9.17. The van der Waals surface area contributed by atoms with Gasteiger partial charge in [0.15, 0.2) is 0 Å². The van der Waals surface area contributed by atoms with Gasteiger partial charge in [-0.25, -0.2) is 9.97 Å². The average molecular weight is 494 g/mol. The van der Waals surface area contributed by atoms with Gasteiger partial charge >= 0.3 is 0 Å². The van der Waals surface area contributed by atoms with Crippen molar-refractivity contribution in [3.8, 4) is 5.75 Å². The van der Waals surface area contributed by atoms with Gasteiger partial charge in [0, 0.05) is 56.8 Å². The van der Waals surface area contributed by atoms with E-state index in [0.717, 1.165) is 76.0 Å². The highest BCUT2D eigenvalue weighted by molar-refractivity contribution is 5.51. The maximum atomic E-state index is 6.18. The first-order chi connectivity index (χ1) is 17.8. The molecule has 3 saturated heterocycles. The molecule has 36 heavy (non-hydrogen) atoms. The van der Waals surface area contributed by atoms with E-state index in [9.17, 15) is 0 Å². The van der Waals surface area contributed by atoms with Gasteiger partial charge in [-0.1, -0.05) is 25.7 Å². The van der Waals surface area contributed by atoms with Crippen LogP contribution >= 0.6 is 0 Å². The second kappa shape index (κ2) is 13.1. The molecule has 1 aromatic carbocycles. The van der Waals surface area contributed by atoms with Crippen LogP contribution in [0.3, 0.4) is 0 Å². The highest BCUT2D eigenvalue weighted by Gasteiger charge is 2.20. The first kappa shape index (κ1) is 25.1. The third-order valence-electron chi connectivity index (χ3n) is 7.78. The van der Waals surface area contributed by atoms with Crippen molar-refractivity contribution in [3.63, 3.8) is 0 Å². The van der Waals surface area contributed by atoms with E-state index < -0.39 is 0 Å². The summed E-state index contributed by atoms with van der Waals surface area (Å²) in [6.07, 6.45) is 15.4. The van der Waals surface area contributed by atoms with Crippen molar-refractivity contribution in [2.45, 2.75) is 82.8 Å². The summed E-state index contributed by atoms with van der Waals surface area (Å²) in [5.74, 6) is 2.98. The minimum Gasteiger partial charge on any atom is -0.490 e. The number of ether oxygens (including phenoxy) is 2. The lowest BCUT2D eigenvalue weighted by atomic mass is 10.1. The molecule has 4 heterocycles. The van der Waals surface area contributed by atoms with E-state index in [4.69, 9.17) is 9.47 Å². The first-order valence-corrected chi connectivity index (χ1v) is 14.3. The number of hydrogen-bond acceptors (Lipinski definition) is 7. The van der Waals surface area contributed by atoms with Crippen LogP contribution in [0.25, 0.3) is 0 Å². The Hall–Kier alpha value is -2.54. The maximum Gasteiger partial charge on any atom is 0.134 e. The molecule has 5 rings (SSSR count). The summed E-state index contributed by atoms with van der Waals surface area (Å²) >= 11 is 0. The van der Waals surface area contributed by atoms with E-state index in [1.54, 1.807) is 6.33 Å². The van der Waals surface area contributed by atoms with Gasteiger partial charge in [-0.05, 0) is 56.4 Å². The number of rotatable bonds is 6. The summed E-state index contributed by atoms with van der Waals surface area (Å²) in [5.41, 5.74) is 1.27. The molecule has 3 aliphatic heterocycles. The molecule has 1 unspecified atom stereocenters. The fraction of sp³-hybridized carbons (Fsp3) is 0.655. The standard InChI is InChI=1S/C29H43N5O2/c1-2-4-7-17-33(16-6-3-1)29-21-28(30-23-31-29)32-24-9-5-8-18-34(22-24)25-10-12-26(13-11-25)36-27-14-19-35-20-15-27/h10-13,21,23-24,27H,1-9,14-20,22H2,(H,30,31,32). The van der Waals surface area contributed by atoms with Crippen molar-refractivity contribution in [2.24, 2.45) is 0 Å². The van der Waals surface area contributed by atoms with Crippen molar-refractivity contribution in [1.82, 2.24) is 9.97 Å². The molecular formula is C29H43N5O2. The zero-order valence-electron chi connectivity index (χ0n) is 21.7. The molecule has 0 amide bonds. The molecule has 3 fully saturated rings. The molecule has 0 saturated carbocycles. The summed E-state index contributed by atoms with van der Waals surface area (Å²) in [4.78, 5) is 14.2. The third kappa shape index (κ3) is 7.25. The lowest BCUT2D eigenvalue weighted by Gasteiger charge is -2.28. The van der Waals surface area contributed by atoms with Gasteiger partial charge in [0.05, 0.1) is 13.2 Å². The van der Waals surface area contributed by atoms with Gasteiger partial charge < -0.3 is 24.6 Å². The molecule has 0 aliphatic carbocycles. The summed E-state index contributed by atoms with van der Waals surface area (Å²) in [7, 11) is 0. The zero-order valence-corrected chi connectivity index (χ0v) is 21.7. The Morgan fingerprint density at radius 1 is 0.778 bits per heavy atom. The van der Waals surface area contributed by atoms with Gasteiger partial charge in [0.25, 0.3) is 0 Å². The Balaban J connectivity index is 1.19. The first-order valence-electron chi connectivity index (χ1n) is 14.3. The summed E-state index contributed by atoms with van der Waals surface area (Å²) in [5, 5.41) is 3.75. The summed E-state index contributed by atoms with van der Waals surface area (Å²) in [6.45, 7) is 5.86. The predicted molar refractivity (Wildman–Crippen MR) is 146 cm³/mol. The van der Waals surface area contributed by atoms with Crippen LogP contribution in [-0.2, 0) is 4.74 Å². The van der Waals surface area contributed by atoms with Crippen LogP contribution in [-0.4, -0.2) is 61.5 Å². The fourth-order valence-corrected chi connectivity index (χ4v) is 5.68. The van der Waals surface area contributed by atoms with Crippen LogP contribution in [0.15, 0.2) is 36.7 Å². The van der Waals surface area contributed by atoms with E-state index in [2.05, 4.69) is 55.4 Å². The Morgan fingerprint density at radius 3 is 2.25 bits per heavy atom. The number of nitrogens with one attached hydrogen (secondary N) is 1. The second-order valence-electron chi connectivity index (χ2n) is 10.6. The number of aromatic nitrogens is 2. The van der Waals surface area contributed by atoms with E-state index >= 15 is 0 Å². The fourth-order valence-electron chi connectivity index (χ4n) is 5.68. The molecule has 196 valence electrons. The zero-order chi connectivity index (χ0) is 24.4. The van der Waals surface area contributed by atoms with E-state index in [1.807, 2.05) is 0 Å². The second-order valence-corrected chi connectivity index (χ2v) is 10.6. The van der Waals surface area contributed by atoms with Crippen molar-refractivity contribution in [1.29, 1.82) is 0 Å². The molecule has 1 atom stereocenters. The average Bonchev–Trinajstić information content (AvgIpc) is 3.05. The van der Waals surface area contributed by atoms with Crippen molar-refractivity contribution in [2.75, 3.05) is 54.5 Å². The molecule has 1 N–H and O–H groups in total. The quantitative estimate of drug-likeness (QED) is 0.557. The van der Waals surface area contributed by atoms with Crippen LogP contribution < -0.4 is 19.9 Å². The minimum atomic E-state index is 0.275. The summed E-state index contributed by atoms with van der Waals surface area (Å²) in [6, 6.07) is 11.2.